The van der Waals surface area contributed by atoms with Crippen molar-refractivity contribution in [2.75, 3.05) is 0 Å². The molecule has 0 atom stereocenters. The van der Waals surface area contributed by atoms with Crippen LogP contribution in [0.2, 0.25) is 0 Å². The lowest BCUT2D eigenvalue weighted by molar-refractivity contribution is 0.0698. The number of carbonyl (C=O) groups is 1. The number of hydrogen-bond acceptors (Lipinski definition) is 3. The maximum atomic E-state index is 12.1. The fourth-order valence-corrected chi connectivity index (χ4v) is 4.55. The second-order valence-corrected chi connectivity index (χ2v) is 8.05. The van der Waals surface area contributed by atoms with Crippen LogP contribution in [0.3, 0.4) is 0 Å². The van der Waals surface area contributed by atoms with E-state index in [2.05, 4.69) is 21.9 Å². The van der Waals surface area contributed by atoms with Crippen LogP contribution in [0, 0.1) is 0 Å². The summed E-state index contributed by atoms with van der Waals surface area (Å²) in [6.07, 6.45) is 2.64. The molecule has 1 aliphatic carbocycles. The zero-order valence-corrected chi connectivity index (χ0v) is 17.7. The molecular weight excluding hydrogens is 400 g/mol. The number of oxime groups is 1. The van der Waals surface area contributed by atoms with Crippen molar-refractivity contribution < 1.29 is 14.7 Å². The van der Waals surface area contributed by atoms with Crippen molar-refractivity contribution in [1.29, 1.82) is 0 Å². The first-order valence-electron chi connectivity index (χ1n) is 10.9. The van der Waals surface area contributed by atoms with Crippen molar-refractivity contribution >= 4 is 22.6 Å². The largest absolute Gasteiger partial charge is 0.478 e. The third-order valence-electron chi connectivity index (χ3n) is 5.97. The summed E-state index contributed by atoms with van der Waals surface area (Å²) in [5, 5.41) is 15.3. The zero-order valence-electron chi connectivity index (χ0n) is 17.7. The lowest BCUT2D eigenvalue weighted by Gasteiger charge is -2.18. The van der Waals surface area contributed by atoms with Crippen molar-refractivity contribution in [2.24, 2.45) is 5.16 Å². The van der Waals surface area contributed by atoms with E-state index in [4.69, 9.17) is 4.84 Å². The first-order valence-corrected chi connectivity index (χ1v) is 10.9. The predicted molar refractivity (Wildman–Crippen MR) is 125 cm³/mol. The molecule has 1 aromatic heterocycles. The van der Waals surface area contributed by atoms with E-state index >= 15 is 0 Å². The molecule has 1 aliphatic rings. The van der Waals surface area contributed by atoms with Gasteiger partial charge in [-0.1, -0.05) is 78.0 Å². The minimum absolute atomic E-state index is 0.317. The van der Waals surface area contributed by atoms with Crippen LogP contribution in [0.1, 0.15) is 45.6 Å². The van der Waals surface area contributed by atoms with E-state index in [1.165, 1.54) is 0 Å². The number of hydrogen-bond donors (Lipinski definition) is 1. The summed E-state index contributed by atoms with van der Waals surface area (Å²) in [7, 11) is 0. The molecule has 32 heavy (non-hydrogen) atoms. The molecule has 1 heterocycles. The van der Waals surface area contributed by atoms with Gasteiger partial charge in [-0.2, -0.15) is 0 Å². The average Bonchev–Trinajstić information content (AvgIpc) is 3.15. The third-order valence-corrected chi connectivity index (χ3v) is 5.97. The molecule has 160 valence electrons. The number of aromatic nitrogens is 1. The topological polar surface area (TPSA) is 63.8 Å². The maximum absolute atomic E-state index is 12.1. The highest BCUT2D eigenvalue weighted by atomic mass is 16.6. The molecule has 0 unspecified atom stereocenters. The molecule has 3 aromatic carbocycles. The van der Waals surface area contributed by atoms with Gasteiger partial charge in [-0.05, 0) is 36.5 Å². The molecule has 0 aliphatic heterocycles. The summed E-state index contributed by atoms with van der Waals surface area (Å²) in [6.45, 7) is 1.03. The average molecular weight is 425 g/mol. The number of carboxylic acids is 1. The van der Waals surface area contributed by atoms with Gasteiger partial charge < -0.3 is 14.5 Å². The van der Waals surface area contributed by atoms with Crippen LogP contribution in [0.5, 0.6) is 0 Å². The first kappa shape index (κ1) is 20.1. The second kappa shape index (κ2) is 8.71. The number of fused-ring (bicyclic) bond motifs is 3. The maximum Gasteiger partial charge on any atom is 0.337 e. The highest BCUT2D eigenvalue weighted by molar-refractivity contribution is 6.16. The number of rotatable bonds is 6. The Morgan fingerprint density at radius 3 is 2.34 bits per heavy atom. The summed E-state index contributed by atoms with van der Waals surface area (Å²) >= 11 is 0. The number of carboxylic acid groups (broad SMARTS) is 1. The van der Waals surface area contributed by atoms with E-state index in [9.17, 15) is 9.90 Å². The molecule has 5 rings (SSSR count). The van der Waals surface area contributed by atoms with Gasteiger partial charge in [-0.3, -0.25) is 0 Å². The number of aromatic carboxylic acids is 1. The Balaban J connectivity index is 1.61. The summed E-state index contributed by atoms with van der Waals surface area (Å²) in [4.78, 5) is 17.8. The van der Waals surface area contributed by atoms with Crippen LogP contribution >= 0.6 is 0 Å². The van der Waals surface area contributed by atoms with E-state index < -0.39 is 5.97 Å². The summed E-state index contributed by atoms with van der Waals surface area (Å²) < 4.78 is 2.16. The molecule has 5 nitrogen and oxygen atoms in total. The normalized spacial score (nSPS) is 14.4. The molecule has 0 spiro atoms. The SMILES string of the molecule is O=C(O)c1cccc2c3c(n(Cc4ccccc4)c12)CCC/C3=N\OCc1ccccc1. The quantitative estimate of drug-likeness (QED) is 0.407. The van der Waals surface area contributed by atoms with Crippen LogP contribution in [-0.2, 0) is 24.4 Å². The van der Waals surface area contributed by atoms with Gasteiger partial charge in [0.25, 0.3) is 0 Å². The Kier molecular flexibility index (Phi) is 5.46. The van der Waals surface area contributed by atoms with E-state index in [1.807, 2.05) is 60.7 Å². The fourth-order valence-electron chi connectivity index (χ4n) is 4.55. The summed E-state index contributed by atoms with van der Waals surface area (Å²) in [5.74, 6) is -0.918. The highest BCUT2D eigenvalue weighted by Crippen LogP contribution is 2.35. The van der Waals surface area contributed by atoms with Crippen molar-refractivity contribution in [3.05, 3.63) is 107 Å². The van der Waals surface area contributed by atoms with E-state index in [0.29, 0.717) is 18.7 Å². The minimum Gasteiger partial charge on any atom is -0.478 e. The van der Waals surface area contributed by atoms with Gasteiger partial charge in [0.1, 0.15) is 6.61 Å². The van der Waals surface area contributed by atoms with E-state index in [1.54, 1.807) is 6.07 Å². The molecule has 4 aromatic rings. The van der Waals surface area contributed by atoms with Gasteiger partial charge in [0.2, 0.25) is 0 Å². The Morgan fingerprint density at radius 2 is 1.62 bits per heavy atom. The molecule has 1 N–H and O–H groups in total. The lowest BCUT2D eigenvalue weighted by Crippen LogP contribution is -2.15. The van der Waals surface area contributed by atoms with Gasteiger partial charge in [0.05, 0.1) is 16.8 Å². The van der Waals surface area contributed by atoms with Gasteiger partial charge in [-0.15, -0.1) is 0 Å². The Morgan fingerprint density at radius 1 is 0.906 bits per heavy atom. The van der Waals surface area contributed by atoms with Gasteiger partial charge in [-0.25, -0.2) is 4.79 Å². The van der Waals surface area contributed by atoms with Crippen LogP contribution in [0.15, 0.2) is 84.0 Å². The van der Waals surface area contributed by atoms with Crippen molar-refractivity contribution in [2.45, 2.75) is 32.4 Å². The highest BCUT2D eigenvalue weighted by Gasteiger charge is 2.27. The standard InChI is InChI=1S/C27H24N2O3/c30-27(31)22-14-7-13-21-25-23(28-32-18-20-11-5-2-6-12-20)15-8-16-24(25)29(26(21)22)17-19-9-3-1-4-10-19/h1-7,9-14H,8,15-18H2,(H,30,31)/b28-23+. The van der Waals surface area contributed by atoms with Gasteiger partial charge in [0, 0.05) is 23.2 Å². The first-order chi connectivity index (χ1) is 15.7. The molecule has 0 saturated carbocycles. The van der Waals surface area contributed by atoms with Crippen LogP contribution in [0.4, 0.5) is 0 Å². The third kappa shape index (κ3) is 3.78. The van der Waals surface area contributed by atoms with Gasteiger partial charge in [0.15, 0.2) is 0 Å². The van der Waals surface area contributed by atoms with Crippen molar-refractivity contribution in [3.8, 4) is 0 Å². The van der Waals surface area contributed by atoms with Gasteiger partial charge >= 0.3 is 5.97 Å². The summed E-state index contributed by atoms with van der Waals surface area (Å²) in [6, 6.07) is 25.6. The number of nitrogens with zero attached hydrogens (tertiary/aromatic N) is 2. The molecule has 0 saturated heterocycles. The van der Waals surface area contributed by atoms with E-state index in [0.717, 1.165) is 58.3 Å². The second-order valence-electron chi connectivity index (χ2n) is 8.05. The lowest BCUT2D eigenvalue weighted by atomic mass is 9.93. The molecule has 5 heteroatoms. The summed E-state index contributed by atoms with van der Waals surface area (Å²) in [5.41, 5.74) is 6.32. The monoisotopic (exact) mass is 424 g/mol. The zero-order chi connectivity index (χ0) is 21.9. The molecule has 0 fully saturated rings. The van der Waals surface area contributed by atoms with Crippen LogP contribution < -0.4 is 0 Å². The van der Waals surface area contributed by atoms with Crippen molar-refractivity contribution in [1.82, 2.24) is 4.57 Å². The van der Waals surface area contributed by atoms with E-state index in [-0.39, 0.29) is 0 Å². The fraction of sp³-hybridized carbons (Fsp3) is 0.185. The Hall–Kier alpha value is -3.86. The Bertz CT molecular complexity index is 1290. The van der Waals surface area contributed by atoms with Crippen LogP contribution in [-0.4, -0.2) is 21.4 Å². The number of benzene rings is 3. The van der Waals surface area contributed by atoms with Crippen molar-refractivity contribution in [3.63, 3.8) is 0 Å². The molecular formula is C27H24N2O3. The van der Waals surface area contributed by atoms with Crippen LogP contribution in [0.25, 0.3) is 10.9 Å². The minimum atomic E-state index is -0.918. The smallest absolute Gasteiger partial charge is 0.337 e. The Labute approximate surface area is 186 Å². The number of para-hydroxylation sites is 1. The molecule has 0 amide bonds. The predicted octanol–water partition coefficient (Wildman–Crippen LogP) is 5.65. The molecule has 0 radical (unpaired) electrons. The molecule has 0 bridgehead atoms.